The van der Waals surface area contributed by atoms with Gasteiger partial charge in [0.15, 0.2) is 0 Å². The minimum absolute atomic E-state index is 0.0164. The lowest BCUT2D eigenvalue weighted by Crippen LogP contribution is -2.50. The number of nitrogens with zero attached hydrogens (tertiary/aromatic N) is 1. The summed E-state index contributed by atoms with van der Waals surface area (Å²) in [6.07, 6.45) is 8.24. The Morgan fingerprint density at radius 1 is 1.24 bits per heavy atom. The molecule has 1 N–H and O–H groups in total. The number of carbonyl (C=O) groups excluding carboxylic acids is 1. The van der Waals surface area contributed by atoms with Crippen molar-refractivity contribution in [1.29, 1.82) is 0 Å². The number of rotatable bonds is 4. The van der Waals surface area contributed by atoms with Gasteiger partial charge in [-0.1, -0.05) is 46.1 Å². The molecular weight excluding hydrogens is 260 g/mol. The van der Waals surface area contributed by atoms with Crippen LogP contribution in [0.25, 0.3) is 0 Å². The third-order valence-electron chi connectivity index (χ3n) is 4.97. The van der Waals surface area contributed by atoms with Gasteiger partial charge >= 0.3 is 0 Å². The van der Waals surface area contributed by atoms with Crippen LogP contribution in [0.5, 0.6) is 0 Å². The summed E-state index contributed by atoms with van der Waals surface area (Å²) in [5.41, 5.74) is 0.851. The van der Waals surface area contributed by atoms with Crippen LogP contribution in [0.15, 0.2) is 24.4 Å². The summed E-state index contributed by atoms with van der Waals surface area (Å²) in [7, 11) is 0. The van der Waals surface area contributed by atoms with E-state index in [0.29, 0.717) is 6.54 Å². The number of pyridine rings is 1. The van der Waals surface area contributed by atoms with Gasteiger partial charge in [0.2, 0.25) is 5.91 Å². The molecule has 3 nitrogen and oxygen atoms in total. The maximum Gasteiger partial charge on any atom is 0.226 e. The van der Waals surface area contributed by atoms with Crippen molar-refractivity contribution >= 4 is 5.91 Å². The molecule has 1 aliphatic rings. The van der Waals surface area contributed by atoms with Crippen LogP contribution < -0.4 is 5.32 Å². The smallest absolute Gasteiger partial charge is 0.226 e. The molecule has 0 aromatic carbocycles. The van der Waals surface area contributed by atoms with Gasteiger partial charge in [-0.05, 0) is 30.4 Å². The normalized spacial score (nSPS) is 18.2. The van der Waals surface area contributed by atoms with Crippen LogP contribution >= 0.6 is 0 Å². The summed E-state index contributed by atoms with van der Waals surface area (Å²) in [5, 5.41) is 3.17. The molecule has 1 aromatic rings. The van der Waals surface area contributed by atoms with Crippen molar-refractivity contribution in [2.75, 3.05) is 6.54 Å². The standard InChI is InChI=1S/C18H28N2O/c1-17(2,3)18(11-6-4-7-12-18)16(21)20-14-10-15-9-5-8-13-19-15/h5,8-9,13H,4,6-7,10-12,14H2,1-3H3,(H,20,21). The number of hydrogen-bond acceptors (Lipinski definition) is 2. The minimum Gasteiger partial charge on any atom is -0.355 e. The quantitative estimate of drug-likeness (QED) is 0.917. The first-order valence-electron chi connectivity index (χ1n) is 8.14. The Hall–Kier alpha value is -1.38. The Bertz CT molecular complexity index is 456. The van der Waals surface area contributed by atoms with Crippen molar-refractivity contribution in [3.8, 4) is 0 Å². The topological polar surface area (TPSA) is 42.0 Å². The maximum atomic E-state index is 12.8. The van der Waals surface area contributed by atoms with Gasteiger partial charge in [0.25, 0.3) is 0 Å². The average molecular weight is 288 g/mol. The van der Waals surface area contributed by atoms with Gasteiger partial charge in [0, 0.05) is 24.9 Å². The number of amides is 1. The van der Waals surface area contributed by atoms with Crippen LogP contribution in [-0.4, -0.2) is 17.4 Å². The van der Waals surface area contributed by atoms with Gasteiger partial charge in [-0.2, -0.15) is 0 Å². The zero-order valence-corrected chi connectivity index (χ0v) is 13.6. The van der Waals surface area contributed by atoms with Crippen LogP contribution in [0.4, 0.5) is 0 Å². The van der Waals surface area contributed by atoms with E-state index in [1.165, 1.54) is 19.3 Å². The predicted molar refractivity (Wildman–Crippen MR) is 85.9 cm³/mol. The summed E-state index contributed by atoms with van der Waals surface area (Å²) in [6, 6.07) is 5.91. The first kappa shape index (κ1) is 16.0. The predicted octanol–water partition coefficient (Wildman–Crippen LogP) is 3.74. The molecular formula is C18H28N2O. The average Bonchev–Trinajstić information content (AvgIpc) is 2.48. The third-order valence-corrected chi connectivity index (χ3v) is 4.97. The summed E-state index contributed by atoms with van der Waals surface area (Å²) in [6.45, 7) is 7.29. The first-order valence-corrected chi connectivity index (χ1v) is 8.14. The zero-order chi connectivity index (χ0) is 15.3. The lowest BCUT2D eigenvalue weighted by atomic mass is 9.59. The van der Waals surface area contributed by atoms with Crippen LogP contribution in [0.1, 0.15) is 58.6 Å². The molecule has 0 saturated heterocycles. The van der Waals surface area contributed by atoms with Gasteiger partial charge in [-0.15, -0.1) is 0 Å². The van der Waals surface area contributed by atoms with Crippen molar-refractivity contribution in [2.45, 2.75) is 59.3 Å². The highest BCUT2D eigenvalue weighted by Crippen LogP contribution is 2.49. The second-order valence-electron chi connectivity index (χ2n) is 7.22. The Morgan fingerprint density at radius 3 is 2.52 bits per heavy atom. The Labute approximate surface area is 128 Å². The van der Waals surface area contributed by atoms with E-state index >= 15 is 0 Å². The van der Waals surface area contributed by atoms with Crippen molar-refractivity contribution in [3.63, 3.8) is 0 Å². The Kier molecular flexibility index (Phi) is 5.02. The number of nitrogens with one attached hydrogen (secondary N) is 1. The lowest BCUT2D eigenvalue weighted by molar-refractivity contribution is -0.140. The third kappa shape index (κ3) is 3.63. The van der Waals surface area contributed by atoms with Crippen molar-refractivity contribution < 1.29 is 4.79 Å². The number of carbonyl (C=O) groups is 1. The van der Waals surface area contributed by atoms with Crippen molar-refractivity contribution in [1.82, 2.24) is 10.3 Å². The van der Waals surface area contributed by atoms with Gasteiger partial charge in [0.1, 0.15) is 0 Å². The van der Waals surface area contributed by atoms with Crippen molar-refractivity contribution in [2.24, 2.45) is 10.8 Å². The largest absolute Gasteiger partial charge is 0.355 e. The fourth-order valence-corrected chi connectivity index (χ4v) is 3.49. The van der Waals surface area contributed by atoms with E-state index in [4.69, 9.17) is 0 Å². The first-order chi connectivity index (χ1) is 9.96. The molecule has 1 amide bonds. The summed E-state index contributed by atoms with van der Waals surface area (Å²) >= 11 is 0. The lowest BCUT2D eigenvalue weighted by Gasteiger charge is -2.46. The molecule has 3 heteroatoms. The van der Waals surface area contributed by atoms with E-state index < -0.39 is 0 Å². The van der Waals surface area contributed by atoms with E-state index in [1.54, 1.807) is 6.20 Å². The molecule has 1 aromatic heterocycles. The SMILES string of the molecule is CC(C)(C)C1(C(=O)NCCc2ccccn2)CCCCC1. The van der Waals surface area contributed by atoms with E-state index in [1.807, 2.05) is 18.2 Å². The Morgan fingerprint density at radius 2 is 1.95 bits per heavy atom. The second kappa shape index (κ2) is 6.59. The number of aromatic nitrogens is 1. The van der Waals surface area contributed by atoms with Gasteiger partial charge in [0.05, 0.1) is 5.41 Å². The van der Waals surface area contributed by atoms with E-state index in [0.717, 1.165) is 25.0 Å². The van der Waals surface area contributed by atoms with Crippen LogP contribution in [0.2, 0.25) is 0 Å². The molecule has 2 rings (SSSR count). The van der Waals surface area contributed by atoms with E-state index in [-0.39, 0.29) is 16.7 Å². The molecule has 0 bridgehead atoms. The monoisotopic (exact) mass is 288 g/mol. The highest BCUT2D eigenvalue weighted by atomic mass is 16.2. The fraction of sp³-hybridized carbons (Fsp3) is 0.667. The second-order valence-corrected chi connectivity index (χ2v) is 7.22. The van der Waals surface area contributed by atoms with Gasteiger partial charge in [-0.25, -0.2) is 0 Å². The minimum atomic E-state index is -0.199. The summed E-state index contributed by atoms with van der Waals surface area (Å²) < 4.78 is 0. The fourth-order valence-electron chi connectivity index (χ4n) is 3.49. The van der Waals surface area contributed by atoms with E-state index in [2.05, 4.69) is 31.1 Å². The molecule has 0 atom stereocenters. The summed E-state index contributed by atoms with van der Waals surface area (Å²) in [4.78, 5) is 17.1. The van der Waals surface area contributed by atoms with Gasteiger partial charge < -0.3 is 5.32 Å². The number of hydrogen-bond donors (Lipinski definition) is 1. The molecule has 21 heavy (non-hydrogen) atoms. The van der Waals surface area contributed by atoms with Gasteiger partial charge in [-0.3, -0.25) is 9.78 Å². The molecule has 1 saturated carbocycles. The molecule has 0 radical (unpaired) electrons. The molecule has 1 aliphatic carbocycles. The highest BCUT2D eigenvalue weighted by Gasteiger charge is 2.48. The maximum absolute atomic E-state index is 12.8. The Balaban J connectivity index is 1.96. The van der Waals surface area contributed by atoms with Crippen LogP contribution in [-0.2, 0) is 11.2 Å². The molecule has 0 aliphatic heterocycles. The molecule has 1 fully saturated rings. The van der Waals surface area contributed by atoms with E-state index in [9.17, 15) is 4.79 Å². The molecule has 1 heterocycles. The summed E-state index contributed by atoms with van der Waals surface area (Å²) in [5.74, 6) is 0.241. The molecule has 0 spiro atoms. The highest BCUT2D eigenvalue weighted by molar-refractivity contribution is 5.83. The van der Waals surface area contributed by atoms with Crippen LogP contribution in [0, 0.1) is 10.8 Å². The van der Waals surface area contributed by atoms with Crippen molar-refractivity contribution in [3.05, 3.63) is 30.1 Å². The molecule has 116 valence electrons. The molecule has 0 unspecified atom stereocenters. The van der Waals surface area contributed by atoms with Crippen LogP contribution in [0.3, 0.4) is 0 Å². The zero-order valence-electron chi connectivity index (χ0n) is 13.6.